The Morgan fingerprint density at radius 3 is 3.05 bits per heavy atom. The third-order valence-electron chi connectivity index (χ3n) is 3.31. The number of carbonyl (C=O) groups excluding carboxylic acids is 1. The maximum atomic E-state index is 12.4. The Hall–Kier alpha value is -2.44. The summed E-state index contributed by atoms with van der Waals surface area (Å²) in [6.07, 6.45) is 5.90. The second-order valence-corrected chi connectivity index (χ2v) is 4.44. The van der Waals surface area contributed by atoms with Gasteiger partial charge in [0.05, 0.1) is 6.20 Å². The van der Waals surface area contributed by atoms with Crippen LogP contribution in [0.3, 0.4) is 0 Å². The van der Waals surface area contributed by atoms with Crippen LogP contribution in [0, 0.1) is 0 Å². The smallest absolute Gasteiger partial charge is 0.326 e. The molecule has 0 saturated carbocycles. The fourth-order valence-corrected chi connectivity index (χ4v) is 2.40. The number of hydrogen-bond donors (Lipinski definition) is 1. The molecule has 0 unspecified atom stereocenters. The maximum absolute atomic E-state index is 12.4. The van der Waals surface area contributed by atoms with Crippen molar-refractivity contribution < 1.29 is 14.7 Å². The van der Waals surface area contributed by atoms with Crippen LogP contribution in [0.15, 0.2) is 24.7 Å². The Morgan fingerprint density at radius 2 is 2.26 bits per heavy atom. The number of carbonyl (C=O) groups is 2. The first-order valence-electron chi connectivity index (χ1n) is 6.00. The Morgan fingerprint density at radius 1 is 1.42 bits per heavy atom. The minimum atomic E-state index is -0.963. The number of carboxylic acids is 1. The van der Waals surface area contributed by atoms with Crippen molar-refractivity contribution in [3.63, 3.8) is 0 Å². The molecular formula is C12H12N4O3. The quantitative estimate of drug-likeness (QED) is 0.845. The number of amides is 1. The van der Waals surface area contributed by atoms with Crippen LogP contribution < -0.4 is 0 Å². The number of rotatable bonds is 2. The molecule has 19 heavy (non-hydrogen) atoms. The van der Waals surface area contributed by atoms with Crippen molar-refractivity contribution in [2.24, 2.45) is 0 Å². The van der Waals surface area contributed by atoms with Gasteiger partial charge in [-0.05, 0) is 18.9 Å². The molecule has 1 atom stereocenters. The van der Waals surface area contributed by atoms with E-state index in [1.807, 2.05) is 0 Å². The standard InChI is InChI=1S/C12H12N4O3/c17-11(15-5-1-3-9(15)12(18)19)8-7-14-16-6-2-4-13-10(8)16/h2,4,6-7,9H,1,3,5H2,(H,18,19)/t9-/m0/s1. The van der Waals surface area contributed by atoms with Crippen molar-refractivity contribution in [1.29, 1.82) is 0 Å². The van der Waals surface area contributed by atoms with Gasteiger partial charge >= 0.3 is 5.97 Å². The van der Waals surface area contributed by atoms with E-state index in [0.717, 1.165) is 0 Å². The lowest BCUT2D eigenvalue weighted by Gasteiger charge is -2.20. The van der Waals surface area contributed by atoms with E-state index in [0.29, 0.717) is 30.6 Å². The lowest BCUT2D eigenvalue weighted by Crippen LogP contribution is -2.40. The molecule has 0 radical (unpaired) electrons. The predicted molar refractivity (Wildman–Crippen MR) is 64.7 cm³/mol. The van der Waals surface area contributed by atoms with E-state index in [1.54, 1.807) is 18.5 Å². The Kier molecular flexibility index (Phi) is 2.66. The van der Waals surface area contributed by atoms with Crippen LogP contribution in [0.4, 0.5) is 0 Å². The normalized spacial score (nSPS) is 18.9. The Balaban J connectivity index is 1.98. The number of aliphatic carboxylic acids is 1. The van der Waals surface area contributed by atoms with E-state index in [1.165, 1.54) is 15.6 Å². The summed E-state index contributed by atoms with van der Waals surface area (Å²) < 4.78 is 1.50. The fourth-order valence-electron chi connectivity index (χ4n) is 2.40. The lowest BCUT2D eigenvalue weighted by atomic mass is 10.2. The van der Waals surface area contributed by atoms with Gasteiger partial charge in [-0.3, -0.25) is 4.79 Å². The van der Waals surface area contributed by atoms with E-state index in [2.05, 4.69) is 10.1 Å². The van der Waals surface area contributed by atoms with Crippen LogP contribution >= 0.6 is 0 Å². The van der Waals surface area contributed by atoms with Crippen LogP contribution in [0.5, 0.6) is 0 Å². The summed E-state index contributed by atoms with van der Waals surface area (Å²) in [7, 11) is 0. The zero-order chi connectivity index (χ0) is 13.4. The number of nitrogens with zero attached hydrogens (tertiary/aromatic N) is 4. The summed E-state index contributed by atoms with van der Waals surface area (Å²) >= 11 is 0. The van der Waals surface area contributed by atoms with Crippen molar-refractivity contribution in [3.05, 3.63) is 30.2 Å². The molecule has 1 amide bonds. The summed E-state index contributed by atoms with van der Waals surface area (Å²) in [4.78, 5) is 29.0. The van der Waals surface area contributed by atoms with Crippen molar-refractivity contribution in [3.8, 4) is 0 Å². The van der Waals surface area contributed by atoms with Gasteiger partial charge in [0.1, 0.15) is 11.6 Å². The molecule has 0 aromatic carbocycles. The topological polar surface area (TPSA) is 87.8 Å². The number of aromatic nitrogens is 3. The van der Waals surface area contributed by atoms with Crippen LogP contribution in [-0.2, 0) is 4.79 Å². The first kappa shape index (κ1) is 11.6. The van der Waals surface area contributed by atoms with Crippen LogP contribution in [0.1, 0.15) is 23.2 Å². The number of hydrogen-bond acceptors (Lipinski definition) is 4. The van der Waals surface area contributed by atoms with E-state index >= 15 is 0 Å². The Bertz CT molecular complexity index is 651. The van der Waals surface area contributed by atoms with Crippen LogP contribution in [0.2, 0.25) is 0 Å². The van der Waals surface area contributed by atoms with Gasteiger partial charge in [0.25, 0.3) is 5.91 Å². The molecule has 0 spiro atoms. The third-order valence-corrected chi connectivity index (χ3v) is 3.31. The molecule has 3 rings (SSSR count). The van der Waals surface area contributed by atoms with Gasteiger partial charge in [0, 0.05) is 18.9 Å². The molecule has 0 aliphatic carbocycles. The van der Waals surface area contributed by atoms with E-state index < -0.39 is 12.0 Å². The van der Waals surface area contributed by atoms with Gasteiger partial charge in [0.15, 0.2) is 5.65 Å². The second kappa shape index (κ2) is 4.34. The predicted octanol–water partition coefficient (Wildman–Crippen LogP) is 0.418. The number of fused-ring (bicyclic) bond motifs is 1. The van der Waals surface area contributed by atoms with Gasteiger partial charge in [0.2, 0.25) is 0 Å². The summed E-state index contributed by atoms with van der Waals surface area (Å²) in [5.41, 5.74) is 0.789. The summed E-state index contributed by atoms with van der Waals surface area (Å²) in [5, 5.41) is 13.2. The summed E-state index contributed by atoms with van der Waals surface area (Å²) in [6, 6.07) is 0.968. The van der Waals surface area contributed by atoms with Crippen LogP contribution in [0.25, 0.3) is 5.65 Å². The number of carboxylic acid groups (broad SMARTS) is 1. The average molecular weight is 260 g/mol. The van der Waals surface area contributed by atoms with Gasteiger partial charge < -0.3 is 10.0 Å². The first-order chi connectivity index (χ1) is 9.18. The average Bonchev–Trinajstić information content (AvgIpc) is 3.05. The molecular weight excluding hydrogens is 248 g/mol. The Labute approximate surface area is 108 Å². The molecule has 1 aliphatic rings. The molecule has 1 saturated heterocycles. The molecule has 2 aromatic heterocycles. The largest absolute Gasteiger partial charge is 0.480 e. The summed E-state index contributed by atoms with van der Waals surface area (Å²) in [6.45, 7) is 0.458. The van der Waals surface area contributed by atoms with E-state index in [4.69, 9.17) is 5.11 Å². The molecule has 1 fully saturated rings. The van der Waals surface area contributed by atoms with Crippen molar-refractivity contribution in [2.75, 3.05) is 6.54 Å². The molecule has 1 aliphatic heterocycles. The highest BCUT2D eigenvalue weighted by Crippen LogP contribution is 2.21. The molecule has 3 heterocycles. The zero-order valence-corrected chi connectivity index (χ0v) is 10.1. The van der Waals surface area contributed by atoms with Crippen LogP contribution in [-0.4, -0.2) is 49.1 Å². The highest BCUT2D eigenvalue weighted by molar-refractivity contribution is 6.01. The summed E-state index contributed by atoms with van der Waals surface area (Å²) in [5.74, 6) is -1.28. The molecule has 2 aromatic rings. The molecule has 7 heteroatoms. The van der Waals surface area contributed by atoms with Crippen molar-refractivity contribution in [1.82, 2.24) is 19.5 Å². The van der Waals surface area contributed by atoms with Gasteiger partial charge in [-0.25, -0.2) is 14.3 Å². The molecule has 98 valence electrons. The lowest BCUT2D eigenvalue weighted by molar-refractivity contribution is -0.141. The third kappa shape index (κ3) is 1.83. The monoisotopic (exact) mass is 260 g/mol. The fraction of sp³-hybridized carbons (Fsp3) is 0.333. The first-order valence-corrected chi connectivity index (χ1v) is 6.00. The molecule has 0 bridgehead atoms. The molecule has 7 nitrogen and oxygen atoms in total. The van der Waals surface area contributed by atoms with Crippen molar-refractivity contribution in [2.45, 2.75) is 18.9 Å². The molecule has 1 N–H and O–H groups in total. The van der Waals surface area contributed by atoms with Gasteiger partial charge in [-0.15, -0.1) is 0 Å². The number of likely N-dealkylation sites (tertiary alicyclic amines) is 1. The van der Waals surface area contributed by atoms with Gasteiger partial charge in [-0.2, -0.15) is 5.10 Å². The second-order valence-electron chi connectivity index (χ2n) is 4.44. The van der Waals surface area contributed by atoms with Gasteiger partial charge in [-0.1, -0.05) is 0 Å². The van der Waals surface area contributed by atoms with Crippen molar-refractivity contribution >= 4 is 17.5 Å². The zero-order valence-electron chi connectivity index (χ0n) is 10.1. The minimum absolute atomic E-state index is 0.321. The highest BCUT2D eigenvalue weighted by atomic mass is 16.4. The SMILES string of the molecule is O=C(O)[C@@H]1CCCN1C(=O)c1cnn2cccnc12. The van der Waals surface area contributed by atoms with E-state index in [-0.39, 0.29) is 5.91 Å². The maximum Gasteiger partial charge on any atom is 0.326 e. The van der Waals surface area contributed by atoms with E-state index in [9.17, 15) is 9.59 Å². The highest BCUT2D eigenvalue weighted by Gasteiger charge is 2.35. The minimum Gasteiger partial charge on any atom is -0.480 e.